The van der Waals surface area contributed by atoms with Gasteiger partial charge < -0.3 is 9.84 Å². The van der Waals surface area contributed by atoms with Gasteiger partial charge in [0, 0.05) is 17.0 Å². The second-order valence-electron chi connectivity index (χ2n) is 3.82. The molecule has 19 heavy (non-hydrogen) atoms. The maximum atomic E-state index is 11.2. The first-order valence-electron chi connectivity index (χ1n) is 5.73. The SMILES string of the molecule is CCOC(=O)CCC(O)c1ccc(Br)cc1[N+](=O)[O-]. The van der Waals surface area contributed by atoms with Gasteiger partial charge >= 0.3 is 5.97 Å². The molecule has 104 valence electrons. The Labute approximate surface area is 118 Å². The lowest BCUT2D eigenvalue weighted by Gasteiger charge is -2.11. The number of carbonyl (C=O) groups excluding carboxylic acids is 1. The lowest BCUT2D eigenvalue weighted by molar-refractivity contribution is -0.386. The Kier molecular flexibility index (Phi) is 5.91. The van der Waals surface area contributed by atoms with Crippen molar-refractivity contribution in [2.75, 3.05) is 6.61 Å². The van der Waals surface area contributed by atoms with Crippen molar-refractivity contribution in [2.24, 2.45) is 0 Å². The van der Waals surface area contributed by atoms with Crippen molar-refractivity contribution in [3.8, 4) is 0 Å². The maximum absolute atomic E-state index is 11.2. The first kappa shape index (κ1) is 15.6. The van der Waals surface area contributed by atoms with E-state index in [-0.39, 0.29) is 30.7 Å². The summed E-state index contributed by atoms with van der Waals surface area (Å²) in [7, 11) is 0. The van der Waals surface area contributed by atoms with Crippen LogP contribution in [0.15, 0.2) is 22.7 Å². The predicted octanol–water partition coefficient (Wildman–Crippen LogP) is 2.73. The number of carbonyl (C=O) groups is 1. The molecule has 1 aromatic rings. The summed E-state index contributed by atoms with van der Waals surface area (Å²) in [6.45, 7) is 1.96. The highest BCUT2D eigenvalue weighted by Crippen LogP contribution is 2.30. The minimum atomic E-state index is -1.07. The highest BCUT2D eigenvalue weighted by molar-refractivity contribution is 9.10. The maximum Gasteiger partial charge on any atom is 0.305 e. The number of ether oxygens (including phenoxy) is 1. The van der Waals surface area contributed by atoms with E-state index in [0.29, 0.717) is 4.47 Å². The fraction of sp³-hybridized carbons (Fsp3) is 0.417. The number of nitro benzene ring substituents is 1. The zero-order chi connectivity index (χ0) is 14.4. The molecular weight excluding hydrogens is 318 g/mol. The highest BCUT2D eigenvalue weighted by Gasteiger charge is 2.21. The van der Waals surface area contributed by atoms with Crippen molar-refractivity contribution in [2.45, 2.75) is 25.9 Å². The molecule has 0 radical (unpaired) electrons. The molecule has 0 bridgehead atoms. The summed E-state index contributed by atoms with van der Waals surface area (Å²) in [5.41, 5.74) is 0.0169. The number of nitro groups is 1. The molecule has 0 fully saturated rings. The number of aliphatic hydroxyl groups excluding tert-OH is 1. The first-order chi connectivity index (χ1) is 8.95. The third-order valence-electron chi connectivity index (χ3n) is 2.48. The van der Waals surface area contributed by atoms with Crippen molar-refractivity contribution in [1.29, 1.82) is 0 Å². The summed E-state index contributed by atoms with van der Waals surface area (Å²) in [5, 5.41) is 20.8. The summed E-state index contributed by atoms with van der Waals surface area (Å²) < 4.78 is 5.29. The summed E-state index contributed by atoms with van der Waals surface area (Å²) in [6.07, 6.45) is -0.971. The minimum absolute atomic E-state index is 0.0161. The van der Waals surface area contributed by atoms with Crippen LogP contribution >= 0.6 is 15.9 Å². The molecule has 1 unspecified atom stereocenters. The Morgan fingerprint density at radius 2 is 2.26 bits per heavy atom. The molecule has 1 rings (SSSR count). The first-order valence-corrected chi connectivity index (χ1v) is 6.52. The topological polar surface area (TPSA) is 89.7 Å². The highest BCUT2D eigenvalue weighted by atomic mass is 79.9. The Morgan fingerprint density at radius 1 is 1.58 bits per heavy atom. The molecule has 0 heterocycles. The third kappa shape index (κ3) is 4.60. The Balaban J connectivity index is 2.79. The molecule has 0 spiro atoms. The van der Waals surface area contributed by atoms with Crippen LogP contribution in [0.2, 0.25) is 0 Å². The van der Waals surface area contributed by atoms with E-state index in [9.17, 15) is 20.0 Å². The van der Waals surface area contributed by atoms with Gasteiger partial charge in [0.1, 0.15) is 0 Å². The van der Waals surface area contributed by atoms with E-state index in [1.807, 2.05) is 0 Å². The monoisotopic (exact) mass is 331 g/mol. The Morgan fingerprint density at radius 3 is 2.84 bits per heavy atom. The molecule has 0 aromatic heterocycles. The van der Waals surface area contributed by atoms with Crippen LogP contribution in [0, 0.1) is 10.1 Å². The van der Waals surface area contributed by atoms with Crippen LogP contribution in [0.25, 0.3) is 0 Å². The fourth-order valence-corrected chi connectivity index (χ4v) is 1.95. The Bertz CT molecular complexity index is 477. The lowest BCUT2D eigenvalue weighted by Crippen LogP contribution is -2.08. The number of esters is 1. The van der Waals surface area contributed by atoms with E-state index >= 15 is 0 Å². The molecule has 0 saturated carbocycles. The number of rotatable bonds is 6. The lowest BCUT2D eigenvalue weighted by atomic mass is 10.0. The van der Waals surface area contributed by atoms with Crippen LogP contribution in [-0.4, -0.2) is 22.6 Å². The number of hydrogen-bond donors (Lipinski definition) is 1. The van der Waals surface area contributed by atoms with Gasteiger partial charge in [-0.2, -0.15) is 0 Å². The summed E-state index contributed by atoms with van der Waals surface area (Å²) >= 11 is 3.14. The zero-order valence-corrected chi connectivity index (χ0v) is 11.9. The molecule has 0 aliphatic carbocycles. The van der Waals surface area contributed by atoms with E-state index in [0.717, 1.165) is 0 Å². The molecule has 0 amide bonds. The average Bonchev–Trinajstić information content (AvgIpc) is 2.36. The van der Waals surface area contributed by atoms with Crippen molar-refractivity contribution < 1.29 is 19.6 Å². The smallest absolute Gasteiger partial charge is 0.305 e. The number of nitrogens with zero attached hydrogens (tertiary/aromatic N) is 1. The standard InChI is InChI=1S/C12H14BrNO5/c1-2-19-12(16)6-5-11(15)9-4-3-8(13)7-10(9)14(17)18/h3-4,7,11,15H,2,5-6H2,1H3. The van der Waals surface area contributed by atoms with E-state index in [1.165, 1.54) is 12.1 Å². The predicted molar refractivity (Wildman–Crippen MR) is 71.6 cm³/mol. The summed E-state index contributed by atoms with van der Waals surface area (Å²) in [5.74, 6) is -0.429. The van der Waals surface area contributed by atoms with E-state index in [2.05, 4.69) is 15.9 Å². The largest absolute Gasteiger partial charge is 0.466 e. The van der Waals surface area contributed by atoms with Crippen molar-refractivity contribution in [1.82, 2.24) is 0 Å². The normalized spacial score (nSPS) is 11.9. The number of halogens is 1. The van der Waals surface area contributed by atoms with Gasteiger partial charge in [0.2, 0.25) is 0 Å². The van der Waals surface area contributed by atoms with Crippen molar-refractivity contribution >= 4 is 27.6 Å². The molecule has 1 N–H and O–H groups in total. The third-order valence-corrected chi connectivity index (χ3v) is 2.97. The van der Waals surface area contributed by atoms with Crippen LogP contribution in [0.3, 0.4) is 0 Å². The molecule has 1 aromatic carbocycles. The van der Waals surface area contributed by atoms with Gasteiger partial charge in [-0.25, -0.2) is 0 Å². The second-order valence-corrected chi connectivity index (χ2v) is 4.74. The van der Waals surface area contributed by atoms with E-state index in [4.69, 9.17) is 4.74 Å². The zero-order valence-electron chi connectivity index (χ0n) is 10.3. The quantitative estimate of drug-likeness (QED) is 0.491. The molecule has 6 nitrogen and oxygen atoms in total. The molecule has 7 heteroatoms. The Hall–Kier alpha value is -1.47. The molecule has 0 saturated heterocycles. The van der Waals surface area contributed by atoms with Gasteiger partial charge in [-0.15, -0.1) is 0 Å². The van der Waals surface area contributed by atoms with Gasteiger partial charge in [0.05, 0.1) is 23.2 Å². The van der Waals surface area contributed by atoms with Gasteiger partial charge in [-0.05, 0) is 25.5 Å². The van der Waals surface area contributed by atoms with Gasteiger partial charge in [0.25, 0.3) is 5.69 Å². The van der Waals surface area contributed by atoms with Crippen LogP contribution in [0.4, 0.5) is 5.69 Å². The van der Waals surface area contributed by atoms with Crippen molar-refractivity contribution in [3.05, 3.63) is 38.3 Å². The molecular formula is C12H14BrNO5. The van der Waals surface area contributed by atoms with Crippen LogP contribution in [0.5, 0.6) is 0 Å². The van der Waals surface area contributed by atoms with Gasteiger partial charge in [-0.1, -0.05) is 15.9 Å². The van der Waals surface area contributed by atoms with Gasteiger partial charge in [-0.3, -0.25) is 14.9 Å². The van der Waals surface area contributed by atoms with Crippen LogP contribution in [-0.2, 0) is 9.53 Å². The minimum Gasteiger partial charge on any atom is -0.466 e. The number of benzene rings is 1. The van der Waals surface area contributed by atoms with Crippen LogP contribution < -0.4 is 0 Å². The summed E-state index contributed by atoms with van der Waals surface area (Å²) in [4.78, 5) is 21.5. The molecule has 0 aliphatic heterocycles. The fourth-order valence-electron chi connectivity index (χ4n) is 1.60. The van der Waals surface area contributed by atoms with Crippen LogP contribution in [0.1, 0.15) is 31.4 Å². The molecule has 0 aliphatic rings. The summed E-state index contributed by atoms with van der Waals surface area (Å²) in [6, 6.07) is 4.40. The average molecular weight is 332 g/mol. The number of hydrogen-bond acceptors (Lipinski definition) is 5. The van der Waals surface area contributed by atoms with Crippen molar-refractivity contribution in [3.63, 3.8) is 0 Å². The van der Waals surface area contributed by atoms with Gasteiger partial charge in [0.15, 0.2) is 0 Å². The molecule has 1 atom stereocenters. The number of aliphatic hydroxyl groups is 1. The van der Waals surface area contributed by atoms with E-state index < -0.39 is 17.0 Å². The van der Waals surface area contributed by atoms with E-state index in [1.54, 1.807) is 13.0 Å². The second kappa shape index (κ2) is 7.20.